The Morgan fingerprint density at radius 1 is 1.20 bits per heavy atom. The molecule has 0 bridgehead atoms. The number of carbonyl (C=O) groups is 1. The van der Waals surface area contributed by atoms with E-state index in [-0.39, 0.29) is 11.5 Å². The Bertz CT molecular complexity index is 624. The molecule has 1 aliphatic heterocycles. The van der Waals surface area contributed by atoms with Crippen molar-refractivity contribution in [2.45, 2.75) is 12.8 Å². The van der Waals surface area contributed by atoms with Gasteiger partial charge in [0.2, 0.25) is 5.91 Å². The summed E-state index contributed by atoms with van der Waals surface area (Å²) >= 11 is 0. The molecule has 1 fully saturated rings. The molecule has 8 heteroatoms. The number of nitrogens with one attached hydrogen (secondary N) is 1. The fourth-order valence-electron chi connectivity index (χ4n) is 2.04. The van der Waals surface area contributed by atoms with E-state index >= 15 is 0 Å². The highest BCUT2D eigenvalue weighted by Crippen LogP contribution is 2.32. The predicted molar refractivity (Wildman–Crippen MR) is 70.0 cm³/mol. The zero-order valence-corrected chi connectivity index (χ0v) is 10.4. The van der Waals surface area contributed by atoms with E-state index in [0.717, 1.165) is 12.5 Å². The Kier molecular flexibility index (Phi) is 3.74. The predicted octanol–water partition coefficient (Wildman–Crippen LogP) is 1.80. The van der Waals surface area contributed by atoms with Crippen molar-refractivity contribution >= 4 is 23.4 Å². The van der Waals surface area contributed by atoms with E-state index in [1.807, 2.05) is 0 Å². The SMILES string of the molecule is O=C1NCCCC1=Cc1cccc([N+](=O)[O-])c1[N+](=O)[O-]. The summed E-state index contributed by atoms with van der Waals surface area (Å²) in [4.78, 5) is 31.9. The average Bonchev–Trinajstić information content (AvgIpc) is 2.40. The van der Waals surface area contributed by atoms with Gasteiger partial charge in [-0.1, -0.05) is 6.07 Å². The third-order valence-corrected chi connectivity index (χ3v) is 2.96. The summed E-state index contributed by atoms with van der Waals surface area (Å²) in [6, 6.07) is 3.82. The molecule has 20 heavy (non-hydrogen) atoms. The molecule has 1 amide bonds. The summed E-state index contributed by atoms with van der Waals surface area (Å²) in [6.07, 6.45) is 2.58. The van der Waals surface area contributed by atoms with Crippen LogP contribution in [0.25, 0.3) is 6.08 Å². The van der Waals surface area contributed by atoms with Crippen molar-refractivity contribution in [3.63, 3.8) is 0 Å². The lowest BCUT2D eigenvalue weighted by Gasteiger charge is -2.14. The minimum absolute atomic E-state index is 0.0660. The fourth-order valence-corrected chi connectivity index (χ4v) is 2.04. The van der Waals surface area contributed by atoms with Gasteiger partial charge >= 0.3 is 11.4 Å². The van der Waals surface area contributed by atoms with Gasteiger partial charge in [0.15, 0.2) is 0 Å². The van der Waals surface area contributed by atoms with E-state index in [4.69, 9.17) is 0 Å². The Hall–Kier alpha value is -2.77. The highest BCUT2D eigenvalue weighted by atomic mass is 16.6. The molecule has 1 aromatic rings. The largest absolute Gasteiger partial charge is 0.353 e. The Morgan fingerprint density at radius 3 is 2.55 bits per heavy atom. The van der Waals surface area contributed by atoms with Gasteiger partial charge in [0.1, 0.15) is 0 Å². The second-order valence-electron chi connectivity index (χ2n) is 4.26. The summed E-state index contributed by atoms with van der Waals surface area (Å²) in [5, 5.41) is 24.5. The summed E-state index contributed by atoms with van der Waals surface area (Å²) in [5.41, 5.74) is -0.722. The molecule has 0 radical (unpaired) electrons. The molecule has 8 nitrogen and oxygen atoms in total. The average molecular weight is 277 g/mol. The lowest BCUT2D eigenvalue weighted by atomic mass is 10.0. The monoisotopic (exact) mass is 277 g/mol. The molecular formula is C12H11N3O5. The van der Waals surface area contributed by atoms with Gasteiger partial charge in [0.05, 0.1) is 15.4 Å². The minimum atomic E-state index is -0.804. The highest BCUT2D eigenvalue weighted by molar-refractivity contribution is 5.99. The molecule has 104 valence electrons. The molecule has 1 N–H and O–H groups in total. The Labute approximate surface area is 113 Å². The first-order chi connectivity index (χ1) is 9.50. The van der Waals surface area contributed by atoms with Crippen LogP contribution in [0, 0.1) is 20.2 Å². The van der Waals surface area contributed by atoms with Crippen molar-refractivity contribution < 1.29 is 14.6 Å². The van der Waals surface area contributed by atoms with Crippen molar-refractivity contribution in [1.82, 2.24) is 5.32 Å². The summed E-state index contributed by atoms with van der Waals surface area (Å²) in [5.74, 6) is -0.294. The van der Waals surface area contributed by atoms with Crippen LogP contribution >= 0.6 is 0 Å². The number of nitro groups is 2. The number of carbonyl (C=O) groups excluding carboxylic acids is 1. The number of para-hydroxylation sites is 1. The maximum Gasteiger partial charge on any atom is 0.353 e. The minimum Gasteiger partial charge on any atom is -0.352 e. The van der Waals surface area contributed by atoms with Gasteiger partial charge in [-0.05, 0) is 25.0 Å². The molecule has 0 spiro atoms. The van der Waals surface area contributed by atoms with Crippen molar-refractivity contribution in [2.75, 3.05) is 6.54 Å². The molecule has 1 heterocycles. The smallest absolute Gasteiger partial charge is 0.352 e. The number of piperidine rings is 1. The topological polar surface area (TPSA) is 115 Å². The Balaban J connectivity index is 2.54. The number of hydrogen-bond acceptors (Lipinski definition) is 5. The van der Waals surface area contributed by atoms with Crippen molar-refractivity contribution in [3.8, 4) is 0 Å². The van der Waals surface area contributed by atoms with Crippen LogP contribution in [0.4, 0.5) is 11.4 Å². The van der Waals surface area contributed by atoms with Crippen molar-refractivity contribution in [3.05, 3.63) is 49.6 Å². The van der Waals surface area contributed by atoms with Crippen molar-refractivity contribution in [2.24, 2.45) is 0 Å². The van der Waals surface area contributed by atoms with Crippen molar-refractivity contribution in [1.29, 1.82) is 0 Å². The van der Waals surface area contributed by atoms with Gasteiger partial charge in [-0.3, -0.25) is 25.0 Å². The van der Waals surface area contributed by atoms with E-state index in [9.17, 15) is 25.0 Å². The van der Waals surface area contributed by atoms with E-state index in [2.05, 4.69) is 5.32 Å². The van der Waals surface area contributed by atoms with E-state index < -0.39 is 21.2 Å². The zero-order chi connectivity index (χ0) is 14.7. The van der Waals surface area contributed by atoms with Gasteiger partial charge in [-0.15, -0.1) is 0 Å². The second kappa shape index (κ2) is 5.47. The van der Waals surface area contributed by atoms with Gasteiger partial charge in [-0.2, -0.15) is 0 Å². The molecule has 0 aromatic heterocycles. The highest BCUT2D eigenvalue weighted by Gasteiger charge is 2.27. The zero-order valence-electron chi connectivity index (χ0n) is 10.4. The summed E-state index contributed by atoms with van der Waals surface area (Å²) in [6.45, 7) is 0.563. The number of benzene rings is 1. The first-order valence-corrected chi connectivity index (χ1v) is 5.91. The van der Waals surface area contributed by atoms with Gasteiger partial charge < -0.3 is 5.32 Å². The quantitative estimate of drug-likeness (QED) is 0.513. The lowest BCUT2D eigenvalue weighted by molar-refractivity contribution is -0.422. The van der Waals surface area contributed by atoms with Crippen LogP contribution in [0.15, 0.2) is 23.8 Å². The maximum atomic E-state index is 11.6. The van der Waals surface area contributed by atoms with Gasteiger partial charge in [0, 0.05) is 18.2 Å². The number of nitrogens with zero attached hydrogens (tertiary/aromatic N) is 2. The molecule has 2 rings (SSSR count). The van der Waals surface area contributed by atoms with E-state index in [1.165, 1.54) is 18.2 Å². The van der Waals surface area contributed by atoms with Gasteiger partial charge in [-0.25, -0.2) is 0 Å². The van der Waals surface area contributed by atoms with Crippen LogP contribution in [-0.4, -0.2) is 22.3 Å². The number of nitro benzene ring substituents is 2. The molecule has 0 atom stereocenters. The third kappa shape index (κ3) is 2.63. The second-order valence-corrected chi connectivity index (χ2v) is 4.26. The maximum absolute atomic E-state index is 11.6. The van der Waals surface area contributed by atoms with Crippen LogP contribution in [0.5, 0.6) is 0 Å². The van der Waals surface area contributed by atoms with E-state index in [0.29, 0.717) is 18.5 Å². The number of hydrogen-bond donors (Lipinski definition) is 1. The van der Waals surface area contributed by atoms with Crippen LogP contribution in [0.1, 0.15) is 18.4 Å². The van der Waals surface area contributed by atoms with Crippen LogP contribution < -0.4 is 5.32 Å². The number of rotatable bonds is 3. The third-order valence-electron chi connectivity index (χ3n) is 2.96. The normalized spacial score (nSPS) is 16.8. The van der Waals surface area contributed by atoms with Crippen LogP contribution in [0.2, 0.25) is 0 Å². The Morgan fingerprint density at radius 2 is 1.95 bits per heavy atom. The first-order valence-electron chi connectivity index (χ1n) is 5.91. The fraction of sp³-hybridized carbons (Fsp3) is 0.250. The standard InChI is InChI=1S/C12H11N3O5/c16-12-9(4-2-6-13-12)7-8-3-1-5-10(14(17)18)11(8)15(19)20/h1,3,5,7H,2,4,6H2,(H,13,16). The first kappa shape index (κ1) is 13.7. The molecule has 1 aliphatic rings. The van der Waals surface area contributed by atoms with E-state index in [1.54, 1.807) is 0 Å². The lowest BCUT2D eigenvalue weighted by Crippen LogP contribution is -2.30. The molecule has 0 aliphatic carbocycles. The molecule has 0 saturated carbocycles. The molecular weight excluding hydrogens is 266 g/mol. The molecule has 0 unspecified atom stereocenters. The molecule has 1 saturated heterocycles. The van der Waals surface area contributed by atoms with Gasteiger partial charge in [0.25, 0.3) is 0 Å². The summed E-state index contributed by atoms with van der Waals surface area (Å²) in [7, 11) is 0. The summed E-state index contributed by atoms with van der Waals surface area (Å²) < 4.78 is 0. The molecule has 1 aromatic carbocycles. The van der Waals surface area contributed by atoms with Crippen LogP contribution in [0.3, 0.4) is 0 Å². The van der Waals surface area contributed by atoms with Crippen LogP contribution in [-0.2, 0) is 4.79 Å². The number of amides is 1.